The van der Waals surface area contributed by atoms with E-state index in [0.29, 0.717) is 0 Å². The normalized spacial score (nSPS) is 26.3. The molecular formula is C18H27N3. The number of nitrogens with one attached hydrogen (secondary N) is 1. The molecule has 3 nitrogen and oxygen atoms in total. The van der Waals surface area contributed by atoms with Crippen molar-refractivity contribution in [3.63, 3.8) is 0 Å². The minimum atomic E-state index is 0.732. The summed E-state index contributed by atoms with van der Waals surface area (Å²) in [5.41, 5.74) is 2.35. The Hall–Kier alpha value is -1.35. The topological polar surface area (TPSA) is 29.9 Å². The zero-order chi connectivity index (χ0) is 14.7. The van der Waals surface area contributed by atoms with Gasteiger partial charge in [-0.05, 0) is 56.2 Å². The molecule has 0 amide bonds. The van der Waals surface area contributed by atoms with Crippen LogP contribution in [0, 0.1) is 11.8 Å². The van der Waals surface area contributed by atoms with Crippen LogP contribution in [0.2, 0.25) is 0 Å². The van der Waals surface area contributed by atoms with E-state index in [4.69, 9.17) is 0 Å². The first-order valence-corrected chi connectivity index (χ1v) is 8.37. The predicted molar refractivity (Wildman–Crippen MR) is 88.3 cm³/mol. The molecule has 0 bridgehead atoms. The number of imidazole rings is 1. The molecule has 3 heteroatoms. The lowest BCUT2D eigenvalue weighted by Crippen LogP contribution is -2.36. The van der Waals surface area contributed by atoms with Crippen molar-refractivity contribution in [2.75, 3.05) is 6.54 Å². The minimum Gasteiger partial charge on any atom is -0.331 e. The van der Waals surface area contributed by atoms with Gasteiger partial charge in [0.2, 0.25) is 0 Å². The Kier molecular flexibility index (Phi) is 4.59. The van der Waals surface area contributed by atoms with Crippen LogP contribution >= 0.6 is 0 Å². The van der Waals surface area contributed by atoms with Crippen molar-refractivity contribution < 1.29 is 0 Å². The summed E-state index contributed by atoms with van der Waals surface area (Å²) in [6, 6.07) is 9.10. The summed E-state index contributed by atoms with van der Waals surface area (Å²) in [5.74, 6) is 1.77. The van der Waals surface area contributed by atoms with E-state index in [0.717, 1.165) is 36.5 Å². The van der Waals surface area contributed by atoms with Crippen LogP contribution in [0.3, 0.4) is 0 Å². The molecule has 1 aromatic heterocycles. The lowest BCUT2D eigenvalue weighted by atomic mass is 9.79. The maximum absolute atomic E-state index is 4.45. The van der Waals surface area contributed by atoms with Gasteiger partial charge in [0.25, 0.3) is 0 Å². The maximum Gasteiger partial charge on any atom is 0.0958 e. The number of aryl methyl sites for hydroxylation is 1. The number of fused-ring (bicyclic) bond motifs is 1. The molecule has 0 spiro atoms. The number of para-hydroxylation sites is 2. The molecule has 1 saturated carbocycles. The summed E-state index contributed by atoms with van der Waals surface area (Å²) in [5, 5.41) is 3.75. The van der Waals surface area contributed by atoms with Crippen LogP contribution < -0.4 is 5.32 Å². The molecule has 3 atom stereocenters. The van der Waals surface area contributed by atoms with Crippen LogP contribution in [0.5, 0.6) is 0 Å². The van der Waals surface area contributed by atoms with Gasteiger partial charge >= 0.3 is 0 Å². The fraction of sp³-hybridized carbons (Fsp3) is 0.611. The summed E-state index contributed by atoms with van der Waals surface area (Å²) in [6.45, 7) is 6.95. The third kappa shape index (κ3) is 3.46. The van der Waals surface area contributed by atoms with E-state index in [1.807, 2.05) is 12.4 Å². The van der Waals surface area contributed by atoms with Crippen LogP contribution in [-0.2, 0) is 6.54 Å². The van der Waals surface area contributed by atoms with Crippen molar-refractivity contribution >= 4 is 11.0 Å². The average Bonchev–Trinajstić information content (AvgIpc) is 2.91. The van der Waals surface area contributed by atoms with Crippen LogP contribution in [-0.4, -0.2) is 22.1 Å². The first-order valence-electron chi connectivity index (χ1n) is 8.37. The Morgan fingerprint density at radius 2 is 2.05 bits per heavy atom. The van der Waals surface area contributed by atoms with E-state index in [9.17, 15) is 0 Å². The third-order valence-corrected chi connectivity index (χ3v) is 5.13. The fourth-order valence-corrected chi connectivity index (χ4v) is 3.48. The van der Waals surface area contributed by atoms with E-state index in [1.165, 1.54) is 31.2 Å². The molecule has 0 radical (unpaired) electrons. The van der Waals surface area contributed by atoms with E-state index in [2.05, 4.69) is 46.9 Å². The zero-order valence-electron chi connectivity index (χ0n) is 13.3. The number of benzene rings is 1. The molecule has 1 N–H and O–H groups in total. The smallest absolute Gasteiger partial charge is 0.0958 e. The van der Waals surface area contributed by atoms with Gasteiger partial charge < -0.3 is 9.88 Å². The molecule has 3 unspecified atom stereocenters. The van der Waals surface area contributed by atoms with Crippen molar-refractivity contribution in [1.82, 2.24) is 14.9 Å². The number of hydrogen-bond acceptors (Lipinski definition) is 2. The van der Waals surface area contributed by atoms with Crippen molar-refractivity contribution in [2.24, 2.45) is 11.8 Å². The highest BCUT2D eigenvalue weighted by atomic mass is 15.0. The summed E-state index contributed by atoms with van der Waals surface area (Å²) < 4.78 is 2.27. The van der Waals surface area contributed by atoms with Crippen molar-refractivity contribution in [3.05, 3.63) is 30.6 Å². The molecule has 1 aromatic carbocycles. The van der Waals surface area contributed by atoms with Gasteiger partial charge in [-0.25, -0.2) is 4.98 Å². The standard InChI is InChI=1S/C18H27N3/c1-14-8-9-16(12-15(14)2)19-10-5-11-21-13-20-17-6-3-4-7-18(17)21/h3-4,6-7,13-16,19H,5,8-12H2,1-2H3. The fourth-order valence-electron chi connectivity index (χ4n) is 3.48. The van der Waals surface area contributed by atoms with Gasteiger partial charge in [-0.3, -0.25) is 0 Å². The monoisotopic (exact) mass is 285 g/mol. The molecule has 21 heavy (non-hydrogen) atoms. The molecule has 1 aliphatic rings. The van der Waals surface area contributed by atoms with Gasteiger partial charge in [0.05, 0.1) is 17.4 Å². The minimum absolute atomic E-state index is 0.732. The molecule has 0 saturated heterocycles. The number of rotatable bonds is 5. The Morgan fingerprint density at radius 1 is 1.19 bits per heavy atom. The van der Waals surface area contributed by atoms with Gasteiger partial charge in [-0.2, -0.15) is 0 Å². The molecule has 1 heterocycles. The summed E-state index contributed by atoms with van der Waals surface area (Å²) in [7, 11) is 0. The van der Waals surface area contributed by atoms with Gasteiger partial charge in [0, 0.05) is 12.6 Å². The van der Waals surface area contributed by atoms with Gasteiger partial charge in [0.1, 0.15) is 0 Å². The van der Waals surface area contributed by atoms with Crippen LogP contribution in [0.1, 0.15) is 39.5 Å². The Morgan fingerprint density at radius 3 is 2.90 bits per heavy atom. The lowest BCUT2D eigenvalue weighted by molar-refractivity contribution is 0.226. The highest BCUT2D eigenvalue weighted by Crippen LogP contribution is 2.29. The molecular weight excluding hydrogens is 258 g/mol. The molecule has 1 fully saturated rings. The molecule has 114 valence electrons. The van der Waals surface area contributed by atoms with Crippen molar-refractivity contribution in [3.8, 4) is 0 Å². The number of aromatic nitrogens is 2. The SMILES string of the molecule is CC1CCC(NCCCn2cnc3ccccc32)CC1C. The lowest BCUT2D eigenvalue weighted by Gasteiger charge is -2.32. The van der Waals surface area contributed by atoms with Crippen LogP contribution in [0.25, 0.3) is 11.0 Å². The van der Waals surface area contributed by atoms with E-state index < -0.39 is 0 Å². The number of hydrogen-bond donors (Lipinski definition) is 1. The van der Waals surface area contributed by atoms with E-state index >= 15 is 0 Å². The van der Waals surface area contributed by atoms with Crippen molar-refractivity contribution in [2.45, 2.75) is 52.1 Å². The Bertz CT molecular complexity index is 575. The first-order chi connectivity index (χ1) is 10.2. The summed E-state index contributed by atoms with van der Waals surface area (Å²) in [4.78, 5) is 4.45. The van der Waals surface area contributed by atoms with Gasteiger partial charge in [-0.1, -0.05) is 26.0 Å². The van der Waals surface area contributed by atoms with Gasteiger partial charge in [0.15, 0.2) is 0 Å². The highest BCUT2D eigenvalue weighted by Gasteiger charge is 2.23. The van der Waals surface area contributed by atoms with E-state index in [1.54, 1.807) is 0 Å². The first kappa shape index (κ1) is 14.6. The molecule has 0 aliphatic heterocycles. The molecule has 1 aliphatic carbocycles. The van der Waals surface area contributed by atoms with Gasteiger partial charge in [-0.15, -0.1) is 0 Å². The third-order valence-electron chi connectivity index (χ3n) is 5.13. The predicted octanol–water partition coefficient (Wildman–Crippen LogP) is 3.84. The second-order valence-corrected chi connectivity index (χ2v) is 6.70. The quantitative estimate of drug-likeness (QED) is 0.846. The van der Waals surface area contributed by atoms with Crippen LogP contribution in [0.15, 0.2) is 30.6 Å². The second kappa shape index (κ2) is 6.61. The Labute approximate surface area is 127 Å². The second-order valence-electron chi connectivity index (χ2n) is 6.70. The molecule has 2 aromatic rings. The zero-order valence-corrected chi connectivity index (χ0v) is 13.3. The van der Waals surface area contributed by atoms with Crippen LogP contribution in [0.4, 0.5) is 0 Å². The molecule has 3 rings (SSSR count). The maximum atomic E-state index is 4.45. The summed E-state index contributed by atoms with van der Waals surface area (Å²) in [6.07, 6.45) is 7.20. The average molecular weight is 285 g/mol. The highest BCUT2D eigenvalue weighted by molar-refractivity contribution is 5.74. The largest absolute Gasteiger partial charge is 0.331 e. The van der Waals surface area contributed by atoms with E-state index in [-0.39, 0.29) is 0 Å². The summed E-state index contributed by atoms with van der Waals surface area (Å²) >= 11 is 0. The number of nitrogens with zero attached hydrogens (tertiary/aromatic N) is 2. The Balaban J connectivity index is 1.44. The van der Waals surface area contributed by atoms with Crippen molar-refractivity contribution in [1.29, 1.82) is 0 Å².